The SMILES string of the molecule is COc1ccc(Oc2ccc(N)nn2)c([N+](=O)[O-])c1. The molecule has 1 aromatic carbocycles. The summed E-state index contributed by atoms with van der Waals surface area (Å²) in [6, 6.07) is 7.19. The number of anilines is 1. The molecule has 2 rings (SSSR count). The molecule has 0 aliphatic heterocycles. The van der Waals surface area contributed by atoms with Crippen molar-refractivity contribution in [2.45, 2.75) is 0 Å². The first kappa shape index (κ1) is 12.6. The van der Waals surface area contributed by atoms with Gasteiger partial charge in [0.25, 0.3) is 0 Å². The lowest BCUT2D eigenvalue weighted by atomic mass is 10.3. The third-order valence-electron chi connectivity index (χ3n) is 2.24. The molecule has 0 saturated carbocycles. The van der Waals surface area contributed by atoms with Crippen LogP contribution in [0.1, 0.15) is 0 Å². The number of hydrogen-bond acceptors (Lipinski definition) is 7. The van der Waals surface area contributed by atoms with E-state index >= 15 is 0 Å². The van der Waals surface area contributed by atoms with E-state index in [1.165, 1.54) is 31.4 Å². The zero-order valence-electron chi connectivity index (χ0n) is 9.94. The Morgan fingerprint density at radius 2 is 2.05 bits per heavy atom. The van der Waals surface area contributed by atoms with E-state index in [1.807, 2.05) is 0 Å². The van der Waals surface area contributed by atoms with Crippen molar-refractivity contribution in [3.63, 3.8) is 0 Å². The number of nitro groups is 1. The van der Waals surface area contributed by atoms with Gasteiger partial charge in [-0.3, -0.25) is 10.1 Å². The predicted molar refractivity (Wildman–Crippen MR) is 66.2 cm³/mol. The number of nitrogens with two attached hydrogens (primary N) is 1. The number of methoxy groups -OCH3 is 1. The van der Waals surface area contributed by atoms with Crippen LogP contribution >= 0.6 is 0 Å². The normalized spacial score (nSPS) is 9.95. The molecule has 2 aromatic rings. The standard InChI is InChI=1S/C11H10N4O4/c1-18-7-2-3-9(8(6-7)15(16)17)19-11-5-4-10(12)13-14-11/h2-6H,1H3,(H2,12,13). The van der Waals surface area contributed by atoms with Crippen LogP contribution in [0, 0.1) is 10.1 Å². The fraction of sp³-hybridized carbons (Fsp3) is 0.0909. The maximum absolute atomic E-state index is 10.9. The molecule has 98 valence electrons. The molecule has 0 aliphatic rings. The minimum absolute atomic E-state index is 0.0462. The van der Waals surface area contributed by atoms with Gasteiger partial charge in [0, 0.05) is 6.07 Å². The van der Waals surface area contributed by atoms with E-state index in [2.05, 4.69) is 10.2 Å². The maximum atomic E-state index is 10.9. The Morgan fingerprint density at radius 1 is 1.26 bits per heavy atom. The summed E-state index contributed by atoms with van der Waals surface area (Å²) in [6.07, 6.45) is 0. The molecule has 8 heteroatoms. The van der Waals surface area contributed by atoms with Crippen LogP contribution in [-0.4, -0.2) is 22.2 Å². The minimum Gasteiger partial charge on any atom is -0.496 e. The fourth-order valence-electron chi connectivity index (χ4n) is 1.35. The van der Waals surface area contributed by atoms with Gasteiger partial charge in [0.05, 0.1) is 18.1 Å². The lowest BCUT2D eigenvalue weighted by molar-refractivity contribution is -0.385. The van der Waals surface area contributed by atoms with Crippen LogP contribution in [0.2, 0.25) is 0 Å². The first-order valence-corrected chi connectivity index (χ1v) is 5.19. The summed E-state index contributed by atoms with van der Waals surface area (Å²) in [5.41, 5.74) is 5.16. The molecule has 0 atom stereocenters. The fourth-order valence-corrected chi connectivity index (χ4v) is 1.35. The van der Waals surface area contributed by atoms with E-state index in [4.69, 9.17) is 15.2 Å². The molecule has 0 saturated heterocycles. The van der Waals surface area contributed by atoms with Gasteiger partial charge >= 0.3 is 5.69 Å². The van der Waals surface area contributed by atoms with Crippen molar-refractivity contribution in [3.05, 3.63) is 40.4 Å². The highest BCUT2D eigenvalue weighted by molar-refractivity contribution is 5.52. The van der Waals surface area contributed by atoms with Crippen LogP contribution < -0.4 is 15.2 Å². The van der Waals surface area contributed by atoms with Crippen molar-refractivity contribution in [2.24, 2.45) is 0 Å². The predicted octanol–water partition coefficient (Wildman–Crippen LogP) is 1.77. The molecular weight excluding hydrogens is 252 g/mol. The number of rotatable bonds is 4. The van der Waals surface area contributed by atoms with Gasteiger partial charge in [-0.25, -0.2) is 0 Å². The average Bonchev–Trinajstić information content (AvgIpc) is 2.41. The molecule has 2 N–H and O–H groups in total. The third kappa shape index (κ3) is 2.86. The largest absolute Gasteiger partial charge is 0.496 e. The smallest absolute Gasteiger partial charge is 0.315 e. The van der Waals surface area contributed by atoms with Crippen LogP contribution in [0.15, 0.2) is 30.3 Å². The van der Waals surface area contributed by atoms with E-state index in [-0.39, 0.29) is 23.1 Å². The number of nitrogens with zero attached hydrogens (tertiary/aromatic N) is 3. The van der Waals surface area contributed by atoms with E-state index in [0.717, 1.165) is 0 Å². The highest BCUT2D eigenvalue weighted by Gasteiger charge is 2.17. The number of benzene rings is 1. The Hall–Kier alpha value is -2.90. The minimum atomic E-state index is -0.567. The van der Waals surface area contributed by atoms with Crippen molar-refractivity contribution in [1.29, 1.82) is 0 Å². The lowest BCUT2D eigenvalue weighted by Crippen LogP contribution is -1.98. The van der Waals surface area contributed by atoms with Crippen LogP contribution in [0.4, 0.5) is 11.5 Å². The second-order valence-electron chi connectivity index (χ2n) is 3.49. The van der Waals surface area contributed by atoms with Crippen molar-refractivity contribution < 1.29 is 14.4 Å². The van der Waals surface area contributed by atoms with E-state index in [0.29, 0.717) is 5.75 Å². The lowest BCUT2D eigenvalue weighted by Gasteiger charge is -2.06. The summed E-state index contributed by atoms with van der Waals surface area (Å²) in [4.78, 5) is 10.4. The molecule has 0 spiro atoms. The summed E-state index contributed by atoms with van der Waals surface area (Å²) in [7, 11) is 1.42. The second-order valence-corrected chi connectivity index (χ2v) is 3.49. The molecule has 1 heterocycles. The molecule has 19 heavy (non-hydrogen) atoms. The van der Waals surface area contributed by atoms with Crippen LogP contribution in [0.25, 0.3) is 0 Å². The highest BCUT2D eigenvalue weighted by atomic mass is 16.6. The van der Waals surface area contributed by atoms with Gasteiger partial charge in [-0.1, -0.05) is 0 Å². The second kappa shape index (κ2) is 5.17. The van der Waals surface area contributed by atoms with Crippen LogP contribution in [-0.2, 0) is 0 Å². The Kier molecular flexibility index (Phi) is 3.42. The molecule has 0 bridgehead atoms. The van der Waals surface area contributed by atoms with Crippen molar-refractivity contribution in [1.82, 2.24) is 10.2 Å². The quantitative estimate of drug-likeness (QED) is 0.659. The number of nitro benzene ring substituents is 1. The topological polar surface area (TPSA) is 113 Å². The van der Waals surface area contributed by atoms with E-state index < -0.39 is 4.92 Å². The molecule has 0 radical (unpaired) electrons. The van der Waals surface area contributed by atoms with Gasteiger partial charge in [-0.2, -0.15) is 0 Å². The van der Waals surface area contributed by atoms with Gasteiger partial charge in [0.1, 0.15) is 11.6 Å². The summed E-state index contributed by atoms with van der Waals surface area (Å²) in [6.45, 7) is 0. The number of ether oxygens (including phenoxy) is 2. The Morgan fingerprint density at radius 3 is 2.63 bits per heavy atom. The van der Waals surface area contributed by atoms with Gasteiger partial charge in [-0.15, -0.1) is 10.2 Å². The zero-order chi connectivity index (χ0) is 13.8. The summed E-state index contributed by atoms with van der Waals surface area (Å²) >= 11 is 0. The number of aromatic nitrogens is 2. The summed E-state index contributed by atoms with van der Waals surface area (Å²) in [5, 5.41) is 18.2. The van der Waals surface area contributed by atoms with Crippen LogP contribution in [0.5, 0.6) is 17.4 Å². The monoisotopic (exact) mass is 262 g/mol. The average molecular weight is 262 g/mol. The van der Waals surface area contributed by atoms with Crippen molar-refractivity contribution >= 4 is 11.5 Å². The molecule has 8 nitrogen and oxygen atoms in total. The molecule has 0 amide bonds. The van der Waals surface area contributed by atoms with Crippen LogP contribution in [0.3, 0.4) is 0 Å². The van der Waals surface area contributed by atoms with Crippen molar-refractivity contribution in [2.75, 3.05) is 12.8 Å². The molecule has 0 unspecified atom stereocenters. The van der Waals surface area contributed by atoms with Crippen molar-refractivity contribution in [3.8, 4) is 17.4 Å². The molecule has 0 aliphatic carbocycles. The molecule has 0 fully saturated rings. The first-order valence-electron chi connectivity index (χ1n) is 5.19. The van der Waals surface area contributed by atoms with Gasteiger partial charge in [0.15, 0.2) is 0 Å². The van der Waals surface area contributed by atoms with E-state index in [1.54, 1.807) is 6.07 Å². The molecular formula is C11H10N4O4. The van der Waals surface area contributed by atoms with Gasteiger partial charge in [-0.05, 0) is 18.2 Å². The Balaban J connectivity index is 2.33. The number of nitrogen functional groups attached to an aromatic ring is 1. The Bertz CT molecular complexity index is 600. The molecule has 1 aromatic heterocycles. The van der Waals surface area contributed by atoms with Gasteiger partial charge in [0.2, 0.25) is 11.6 Å². The first-order chi connectivity index (χ1) is 9.10. The third-order valence-corrected chi connectivity index (χ3v) is 2.24. The summed E-state index contributed by atoms with van der Waals surface area (Å²) in [5.74, 6) is 0.756. The maximum Gasteiger partial charge on any atom is 0.315 e. The Labute approximate surface area is 107 Å². The summed E-state index contributed by atoms with van der Waals surface area (Å²) < 4.78 is 10.2. The number of hydrogen-bond donors (Lipinski definition) is 1. The highest BCUT2D eigenvalue weighted by Crippen LogP contribution is 2.33. The van der Waals surface area contributed by atoms with E-state index in [9.17, 15) is 10.1 Å². The van der Waals surface area contributed by atoms with Gasteiger partial charge < -0.3 is 15.2 Å². The zero-order valence-corrected chi connectivity index (χ0v) is 9.94.